The molecule has 0 aromatic carbocycles. The Kier molecular flexibility index (Phi) is 4.83. The van der Waals surface area contributed by atoms with Crippen molar-refractivity contribution < 1.29 is 13.2 Å². The summed E-state index contributed by atoms with van der Waals surface area (Å²) in [5.74, 6) is 0.661. The monoisotopic (exact) mass is 255 g/mol. The molecule has 0 amide bonds. The van der Waals surface area contributed by atoms with Crippen LogP contribution in [0.4, 0.5) is 0 Å². The van der Waals surface area contributed by atoms with Crippen molar-refractivity contribution in [2.45, 2.75) is 19.1 Å². The number of hydrogen-bond acceptors (Lipinski definition) is 4. The normalized spacial score (nSPS) is 29.3. The lowest BCUT2D eigenvalue weighted by Gasteiger charge is -2.37. The molecule has 0 bridgehead atoms. The quantitative estimate of drug-likeness (QED) is 0.681. The fraction of sp³-hybridized carbons (Fsp3) is 1.00. The minimum absolute atomic E-state index is 0.0300. The highest BCUT2D eigenvalue weighted by molar-refractivity contribution is 7.90. The molecule has 15 heavy (non-hydrogen) atoms. The van der Waals surface area contributed by atoms with E-state index in [4.69, 9.17) is 16.3 Å². The van der Waals surface area contributed by atoms with Gasteiger partial charge in [-0.3, -0.25) is 4.90 Å². The summed E-state index contributed by atoms with van der Waals surface area (Å²) < 4.78 is 27.6. The van der Waals surface area contributed by atoms with Gasteiger partial charge in [-0.2, -0.15) is 0 Å². The van der Waals surface area contributed by atoms with Crippen LogP contribution in [0.15, 0.2) is 0 Å². The van der Waals surface area contributed by atoms with E-state index in [1.165, 1.54) is 6.26 Å². The molecule has 1 fully saturated rings. The third kappa shape index (κ3) is 4.68. The van der Waals surface area contributed by atoms with Crippen LogP contribution in [-0.2, 0) is 14.6 Å². The summed E-state index contributed by atoms with van der Waals surface area (Å²) in [6.45, 7) is 3.95. The third-order valence-electron chi connectivity index (χ3n) is 2.56. The van der Waals surface area contributed by atoms with Gasteiger partial charge in [0.1, 0.15) is 9.84 Å². The van der Waals surface area contributed by atoms with E-state index >= 15 is 0 Å². The summed E-state index contributed by atoms with van der Waals surface area (Å²) in [4.78, 5) is 2.12. The summed E-state index contributed by atoms with van der Waals surface area (Å²) in [6, 6.07) is 0.270. The molecule has 1 aliphatic heterocycles. The number of sulfone groups is 1. The highest BCUT2D eigenvalue weighted by Gasteiger charge is 2.25. The molecule has 1 heterocycles. The molecular formula is C9H18ClNO3S. The minimum Gasteiger partial charge on any atom is -0.374 e. The van der Waals surface area contributed by atoms with Gasteiger partial charge in [0.15, 0.2) is 0 Å². The van der Waals surface area contributed by atoms with Gasteiger partial charge in [-0.1, -0.05) is 0 Å². The average Bonchev–Trinajstić information content (AvgIpc) is 2.15. The molecule has 2 atom stereocenters. The number of halogens is 1. The van der Waals surface area contributed by atoms with Crippen molar-refractivity contribution in [3.63, 3.8) is 0 Å². The first-order valence-corrected chi connectivity index (χ1v) is 7.61. The van der Waals surface area contributed by atoms with Crippen LogP contribution in [0.1, 0.15) is 6.92 Å². The number of morpholine rings is 1. The van der Waals surface area contributed by atoms with Gasteiger partial charge >= 0.3 is 0 Å². The maximum atomic E-state index is 11.0. The van der Waals surface area contributed by atoms with Crippen molar-refractivity contribution in [3.8, 4) is 0 Å². The van der Waals surface area contributed by atoms with E-state index in [0.717, 1.165) is 6.54 Å². The average molecular weight is 256 g/mol. The van der Waals surface area contributed by atoms with Crippen LogP contribution in [0, 0.1) is 0 Å². The Labute approximate surface area is 96.5 Å². The molecule has 90 valence electrons. The van der Waals surface area contributed by atoms with Gasteiger partial charge in [-0.05, 0) is 6.92 Å². The van der Waals surface area contributed by atoms with Crippen molar-refractivity contribution in [3.05, 3.63) is 0 Å². The summed E-state index contributed by atoms with van der Waals surface area (Å²) in [5.41, 5.74) is 0. The van der Waals surface area contributed by atoms with E-state index in [1.807, 2.05) is 6.92 Å². The zero-order valence-electron chi connectivity index (χ0n) is 9.15. The molecule has 6 heteroatoms. The van der Waals surface area contributed by atoms with Gasteiger partial charge in [-0.15, -0.1) is 11.6 Å². The van der Waals surface area contributed by atoms with Crippen LogP contribution in [0.5, 0.6) is 0 Å². The van der Waals surface area contributed by atoms with Crippen molar-refractivity contribution in [1.82, 2.24) is 4.90 Å². The highest BCUT2D eigenvalue weighted by Crippen LogP contribution is 2.12. The zero-order chi connectivity index (χ0) is 11.5. The van der Waals surface area contributed by atoms with Gasteiger partial charge in [0, 0.05) is 31.3 Å². The minimum atomic E-state index is -2.89. The third-order valence-corrected chi connectivity index (χ3v) is 3.82. The van der Waals surface area contributed by atoms with Crippen molar-refractivity contribution in [1.29, 1.82) is 0 Å². The molecule has 0 N–H and O–H groups in total. The Morgan fingerprint density at radius 1 is 1.53 bits per heavy atom. The second kappa shape index (κ2) is 5.48. The zero-order valence-corrected chi connectivity index (χ0v) is 10.7. The van der Waals surface area contributed by atoms with E-state index in [1.54, 1.807) is 0 Å². The van der Waals surface area contributed by atoms with Crippen LogP contribution >= 0.6 is 11.6 Å². The Morgan fingerprint density at radius 3 is 2.73 bits per heavy atom. The van der Waals surface area contributed by atoms with Crippen LogP contribution in [-0.4, -0.2) is 63.0 Å². The van der Waals surface area contributed by atoms with E-state index in [-0.39, 0.29) is 17.9 Å². The fourth-order valence-electron chi connectivity index (χ4n) is 1.56. The second-order valence-electron chi connectivity index (χ2n) is 4.08. The highest BCUT2D eigenvalue weighted by atomic mass is 35.5. The molecule has 4 nitrogen and oxygen atoms in total. The molecule has 0 aromatic rings. The van der Waals surface area contributed by atoms with E-state index < -0.39 is 9.84 Å². The molecule has 0 saturated carbocycles. The van der Waals surface area contributed by atoms with Crippen LogP contribution in [0.3, 0.4) is 0 Å². The number of hydrogen-bond donors (Lipinski definition) is 0. The second-order valence-corrected chi connectivity index (χ2v) is 6.65. The lowest BCUT2D eigenvalue weighted by molar-refractivity contribution is -0.0452. The summed E-state index contributed by atoms with van der Waals surface area (Å²) >= 11 is 5.71. The Bertz CT molecular complexity index is 294. The molecule has 1 rings (SSSR count). The van der Waals surface area contributed by atoms with Gasteiger partial charge in [0.25, 0.3) is 0 Å². The van der Waals surface area contributed by atoms with E-state index in [9.17, 15) is 8.42 Å². The molecule has 0 radical (unpaired) electrons. The predicted octanol–water partition coefficient (Wildman–Crippen LogP) is 0.359. The molecule has 1 aliphatic rings. The first kappa shape index (κ1) is 13.2. The summed E-state index contributed by atoms with van der Waals surface area (Å²) in [6.07, 6.45) is 1.29. The van der Waals surface area contributed by atoms with Crippen LogP contribution in [0.25, 0.3) is 0 Å². The van der Waals surface area contributed by atoms with Crippen molar-refractivity contribution >= 4 is 21.4 Å². The number of alkyl halides is 1. The van der Waals surface area contributed by atoms with Gasteiger partial charge in [0.05, 0.1) is 18.5 Å². The van der Waals surface area contributed by atoms with Crippen LogP contribution in [0.2, 0.25) is 0 Å². The molecule has 0 aliphatic carbocycles. The maximum Gasteiger partial charge on any atom is 0.148 e. The van der Waals surface area contributed by atoms with Gasteiger partial charge in [-0.25, -0.2) is 8.42 Å². The predicted molar refractivity (Wildman–Crippen MR) is 61.2 cm³/mol. The first-order valence-electron chi connectivity index (χ1n) is 5.01. The van der Waals surface area contributed by atoms with Gasteiger partial charge in [0.2, 0.25) is 0 Å². The Hall–Kier alpha value is 0.160. The van der Waals surface area contributed by atoms with Crippen LogP contribution < -0.4 is 0 Å². The largest absolute Gasteiger partial charge is 0.374 e. The van der Waals surface area contributed by atoms with Crippen molar-refractivity contribution in [2.24, 2.45) is 0 Å². The summed E-state index contributed by atoms with van der Waals surface area (Å²) in [7, 11) is -2.89. The lowest BCUT2D eigenvalue weighted by atomic mass is 10.2. The topological polar surface area (TPSA) is 46.6 Å². The molecule has 1 saturated heterocycles. The molecule has 2 unspecified atom stereocenters. The number of rotatable bonds is 4. The van der Waals surface area contributed by atoms with Crippen molar-refractivity contribution in [2.75, 3.05) is 37.6 Å². The first-order chi connectivity index (χ1) is 6.92. The Balaban J connectivity index is 2.44. The summed E-state index contributed by atoms with van der Waals surface area (Å²) in [5, 5.41) is 0. The molecule has 0 aromatic heterocycles. The standard InChI is InChI=1S/C9H18ClNO3S/c1-8-7-14-9(5-10)6-11(8)3-4-15(2,12)13/h8-9H,3-7H2,1-2H3. The number of ether oxygens (including phenoxy) is 1. The number of nitrogens with zero attached hydrogens (tertiary/aromatic N) is 1. The lowest BCUT2D eigenvalue weighted by Crippen LogP contribution is -2.50. The fourth-order valence-corrected chi connectivity index (χ4v) is 2.32. The SMILES string of the molecule is CC1COC(CCl)CN1CCS(C)(=O)=O. The molecular weight excluding hydrogens is 238 g/mol. The van der Waals surface area contributed by atoms with E-state index in [0.29, 0.717) is 19.0 Å². The molecule has 0 spiro atoms. The Morgan fingerprint density at radius 2 is 2.20 bits per heavy atom. The maximum absolute atomic E-state index is 11.0. The smallest absolute Gasteiger partial charge is 0.148 e. The van der Waals surface area contributed by atoms with Gasteiger partial charge < -0.3 is 4.74 Å². The van der Waals surface area contributed by atoms with E-state index in [2.05, 4.69) is 4.90 Å².